The van der Waals surface area contributed by atoms with Crippen molar-refractivity contribution in [2.45, 2.75) is 38.4 Å². The van der Waals surface area contributed by atoms with Crippen LogP contribution in [-0.2, 0) is 24.0 Å². The van der Waals surface area contributed by atoms with Gasteiger partial charge in [-0.05, 0) is 36.5 Å². The van der Waals surface area contributed by atoms with Crippen LogP contribution in [0.15, 0.2) is 6.07 Å². The molecule has 18 heavy (non-hydrogen) atoms. The first kappa shape index (κ1) is 13.5. The first-order valence-corrected chi connectivity index (χ1v) is 7.51. The van der Waals surface area contributed by atoms with E-state index in [4.69, 9.17) is 5.11 Å². The van der Waals surface area contributed by atoms with Crippen molar-refractivity contribution in [1.82, 2.24) is 9.78 Å². The van der Waals surface area contributed by atoms with Gasteiger partial charge in [0.05, 0.1) is 12.1 Å². The second-order valence-electron chi connectivity index (χ2n) is 5.17. The maximum atomic E-state index is 10.8. The predicted molar refractivity (Wildman–Crippen MR) is 72.7 cm³/mol. The van der Waals surface area contributed by atoms with Gasteiger partial charge in [0.15, 0.2) is 0 Å². The molecule has 0 atom stereocenters. The Kier molecular flexibility index (Phi) is 4.00. The third kappa shape index (κ3) is 3.28. The average molecular weight is 268 g/mol. The van der Waals surface area contributed by atoms with Gasteiger partial charge in [0.1, 0.15) is 0 Å². The fraction of sp³-hybridized carbons (Fsp3) is 0.692. The molecule has 1 heterocycles. The van der Waals surface area contributed by atoms with E-state index < -0.39 is 5.97 Å². The van der Waals surface area contributed by atoms with Crippen molar-refractivity contribution in [3.8, 4) is 0 Å². The molecule has 1 aromatic heterocycles. The molecule has 0 spiro atoms. The molecule has 2 rings (SSSR count). The molecule has 0 saturated heterocycles. The predicted octanol–water partition coefficient (Wildman–Crippen LogP) is 2.47. The number of aromatic nitrogens is 2. The van der Waals surface area contributed by atoms with E-state index in [1.165, 1.54) is 5.69 Å². The number of hydrogen-bond donors (Lipinski definition) is 1. The summed E-state index contributed by atoms with van der Waals surface area (Å²) in [4.78, 5) is 10.8. The van der Waals surface area contributed by atoms with Crippen LogP contribution in [0.2, 0.25) is 0 Å². The van der Waals surface area contributed by atoms with Crippen LogP contribution in [0.1, 0.15) is 37.6 Å². The molecular weight excluding hydrogens is 248 g/mol. The van der Waals surface area contributed by atoms with Gasteiger partial charge >= 0.3 is 5.97 Å². The lowest BCUT2D eigenvalue weighted by Gasteiger charge is -2.11. The number of carboxylic acids is 1. The van der Waals surface area contributed by atoms with Crippen molar-refractivity contribution in [3.05, 3.63) is 17.5 Å². The van der Waals surface area contributed by atoms with Crippen LogP contribution in [-0.4, -0.2) is 26.6 Å². The van der Waals surface area contributed by atoms with Gasteiger partial charge in [-0.25, -0.2) is 0 Å². The minimum Gasteiger partial charge on any atom is -0.481 e. The zero-order valence-corrected chi connectivity index (χ0v) is 11.8. The van der Waals surface area contributed by atoms with Crippen LogP contribution in [0.5, 0.6) is 0 Å². The van der Waals surface area contributed by atoms with Crippen LogP contribution in [0.3, 0.4) is 0 Å². The van der Waals surface area contributed by atoms with E-state index in [1.54, 1.807) is 0 Å². The Hall–Kier alpha value is -0.970. The molecule has 100 valence electrons. The highest BCUT2D eigenvalue weighted by Crippen LogP contribution is 2.51. The van der Waals surface area contributed by atoms with Crippen molar-refractivity contribution >= 4 is 17.7 Å². The molecule has 0 unspecified atom stereocenters. The lowest BCUT2D eigenvalue weighted by molar-refractivity contribution is -0.138. The minimum absolute atomic E-state index is 0.0860. The van der Waals surface area contributed by atoms with Gasteiger partial charge in [-0.1, -0.05) is 6.92 Å². The Labute approximate surface area is 112 Å². The van der Waals surface area contributed by atoms with E-state index in [9.17, 15) is 4.79 Å². The molecule has 1 saturated carbocycles. The number of aryl methyl sites for hydroxylation is 2. The molecule has 4 nitrogen and oxygen atoms in total. The molecule has 0 aromatic carbocycles. The molecule has 5 heteroatoms. The topological polar surface area (TPSA) is 55.1 Å². The summed E-state index contributed by atoms with van der Waals surface area (Å²) in [6, 6.07) is 2.14. The first-order chi connectivity index (χ1) is 8.54. The summed E-state index contributed by atoms with van der Waals surface area (Å²) in [6.45, 7) is 2.10. The summed E-state index contributed by atoms with van der Waals surface area (Å²) in [5, 5.41) is 13.3. The van der Waals surface area contributed by atoms with Gasteiger partial charge in [-0.2, -0.15) is 16.9 Å². The number of carbonyl (C=O) groups is 1. The van der Waals surface area contributed by atoms with Crippen molar-refractivity contribution in [2.75, 3.05) is 5.75 Å². The lowest BCUT2D eigenvalue weighted by atomic mass is 10.1. The molecule has 0 bridgehead atoms. The Morgan fingerprint density at radius 1 is 1.61 bits per heavy atom. The highest BCUT2D eigenvalue weighted by atomic mass is 32.2. The molecule has 1 fully saturated rings. The van der Waals surface area contributed by atoms with E-state index in [0.717, 1.165) is 36.5 Å². The molecule has 1 aliphatic carbocycles. The van der Waals surface area contributed by atoms with Crippen molar-refractivity contribution < 1.29 is 9.90 Å². The van der Waals surface area contributed by atoms with Crippen LogP contribution >= 0.6 is 11.8 Å². The summed E-state index contributed by atoms with van der Waals surface area (Å²) >= 11 is 1.83. The zero-order valence-electron chi connectivity index (χ0n) is 11.0. The Morgan fingerprint density at radius 2 is 2.33 bits per heavy atom. The summed E-state index contributed by atoms with van der Waals surface area (Å²) in [5.41, 5.74) is 2.44. The van der Waals surface area contributed by atoms with Crippen molar-refractivity contribution in [2.24, 2.45) is 12.5 Å². The summed E-state index contributed by atoms with van der Waals surface area (Å²) in [7, 11) is 1.97. The van der Waals surface area contributed by atoms with E-state index in [0.29, 0.717) is 6.42 Å². The van der Waals surface area contributed by atoms with Crippen LogP contribution in [0.4, 0.5) is 0 Å². The molecular formula is C13H20N2O2S. The monoisotopic (exact) mass is 268 g/mol. The summed E-state index contributed by atoms with van der Waals surface area (Å²) in [6.07, 6.45) is 3.42. The van der Waals surface area contributed by atoms with Crippen LogP contribution in [0, 0.1) is 5.41 Å². The number of hydrogen-bond acceptors (Lipinski definition) is 3. The second-order valence-corrected chi connectivity index (χ2v) is 6.15. The van der Waals surface area contributed by atoms with E-state index in [1.807, 2.05) is 23.5 Å². The Balaban J connectivity index is 1.81. The molecule has 1 aliphatic rings. The van der Waals surface area contributed by atoms with Gasteiger partial charge in [-0.3, -0.25) is 9.48 Å². The number of nitrogens with zero attached hydrogens (tertiary/aromatic N) is 2. The highest BCUT2D eigenvalue weighted by molar-refractivity contribution is 7.98. The molecule has 0 radical (unpaired) electrons. The fourth-order valence-corrected chi connectivity index (χ4v) is 3.53. The minimum atomic E-state index is -0.665. The van der Waals surface area contributed by atoms with Crippen molar-refractivity contribution in [1.29, 1.82) is 0 Å². The first-order valence-electron chi connectivity index (χ1n) is 6.36. The quantitative estimate of drug-likeness (QED) is 0.825. The summed E-state index contributed by atoms with van der Waals surface area (Å²) < 4.78 is 1.93. The lowest BCUT2D eigenvalue weighted by Crippen LogP contribution is -2.11. The van der Waals surface area contributed by atoms with Gasteiger partial charge in [0.25, 0.3) is 0 Å². The zero-order chi connectivity index (χ0) is 13.2. The number of rotatable bonds is 7. The number of carboxylic acid groups (broad SMARTS) is 1. The molecule has 1 aromatic rings. The number of aliphatic carboxylic acids is 1. The largest absolute Gasteiger partial charge is 0.481 e. The maximum absolute atomic E-state index is 10.8. The highest BCUT2D eigenvalue weighted by Gasteiger charge is 2.44. The average Bonchev–Trinajstić information content (AvgIpc) is 2.95. The number of thioether (sulfide) groups is 1. The van der Waals surface area contributed by atoms with E-state index >= 15 is 0 Å². The third-order valence-corrected chi connectivity index (χ3v) is 4.85. The van der Waals surface area contributed by atoms with Gasteiger partial charge < -0.3 is 5.11 Å². The van der Waals surface area contributed by atoms with Crippen molar-refractivity contribution in [3.63, 3.8) is 0 Å². The Morgan fingerprint density at radius 3 is 2.83 bits per heavy atom. The van der Waals surface area contributed by atoms with Gasteiger partial charge in [-0.15, -0.1) is 0 Å². The third-order valence-electron chi connectivity index (χ3n) is 3.53. The fourth-order valence-electron chi connectivity index (χ4n) is 2.12. The van der Waals surface area contributed by atoms with Gasteiger partial charge in [0.2, 0.25) is 0 Å². The van der Waals surface area contributed by atoms with Crippen LogP contribution in [0.25, 0.3) is 0 Å². The summed E-state index contributed by atoms with van der Waals surface area (Å²) in [5.74, 6) is 1.21. The molecule has 1 N–H and O–H groups in total. The SMILES string of the molecule is CCc1cc(CSCC2(CC(=O)O)CC2)n(C)n1. The normalized spacial score (nSPS) is 16.8. The van der Waals surface area contributed by atoms with Crippen LogP contribution < -0.4 is 0 Å². The Bertz CT molecular complexity index is 438. The smallest absolute Gasteiger partial charge is 0.303 e. The maximum Gasteiger partial charge on any atom is 0.303 e. The molecule has 0 amide bonds. The van der Waals surface area contributed by atoms with Gasteiger partial charge in [0, 0.05) is 18.5 Å². The second kappa shape index (κ2) is 5.34. The molecule has 0 aliphatic heterocycles. The van der Waals surface area contributed by atoms with E-state index in [2.05, 4.69) is 18.1 Å². The van der Waals surface area contributed by atoms with E-state index in [-0.39, 0.29) is 5.41 Å². The standard InChI is InChI=1S/C13H20N2O2S/c1-3-10-6-11(15(2)14-10)8-18-9-13(4-5-13)7-12(16)17/h6H,3-5,7-9H2,1-2H3,(H,16,17).